The number of aromatic hydroxyl groups is 1. The van der Waals surface area contributed by atoms with E-state index in [1.54, 1.807) is 6.07 Å². The second-order valence-electron chi connectivity index (χ2n) is 3.81. The Bertz CT molecular complexity index is 338. The Kier molecular flexibility index (Phi) is 2.70. The monoisotopic (exact) mass is 209 g/mol. The van der Waals surface area contributed by atoms with Crippen molar-refractivity contribution < 1.29 is 5.11 Å². The number of rotatable bonds is 1. The maximum Gasteiger partial charge on any atom is 0.115 e. The van der Waals surface area contributed by atoms with Crippen LogP contribution in [0.5, 0.6) is 5.75 Å². The molecule has 1 aliphatic rings. The summed E-state index contributed by atoms with van der Waals surface area (Å²) in [5.41, 5.74) is 2.52. The molecule has 0 aliphatic carbocycles. The molecule has 2 unspecified atom stereocenters. The number of benzene rings is 1. The summed E-state index contributed by atoms with van der Waals surface area (Å²) in [5.74, 6) is 0.339. The van der Waals surface area contributed by atoms with Crippen LogP contribution in [0, 0.1) is 0 Å². The molecule has 1 aromatic carbocycles. The van der Waals surface area contributed by atoms with Gasteiger partial charge in [-0.05, 0) is 36.2 Å². The topological polar surface area (TPSA) is 32.3 Å². The Labute approximate surface area is 89.7 Å². The minimum atomic E-state index is 0.259. The summed E-state index contributed by atoms with van der Waals surface area (Å²) in [5, 5.41) is 13.1. The van der Waals surface area contributed by atoms with E-state index in [-0.39, 0.29) is 11.3 Å². The van der Waals surface area contributed by atoms with Gasteiger partial charge in [0.05, 0.1) is 0 Å². The minimum Gasteiger partial charge on any atom is -0.508 e. The van der Waals surface area contributed by atoms with Gasteiger partial charge < -0.3 is 10.4 Å². The van der Waals surface area contributed by atoms with E-state index in [0.29, 0.717) is 5.75 Å². The molecule has 0 saturated heterocycles. The highest BCUT2D eigenvalue weighted by Gasteiger charge is 2.22. The normalized spacial score (nSPS) is 22.9. The molecule has 3 heteroatoms. The standard InChI is InChI=1S/C11H15NOS/c1-7(14)11-10-6-9(13)3-2-8(10)4-5-12-11/h2-3,6-7,11-14H,4-5H2,1H3. The van der Waals surface area contributed by atoms with E-state index in [1.165, 1.54) is 11.1 Å². The van der Waals surface area contributed by atoms with Gasteiger partial charge in [0, 0.05) is 11.3 Å². The lowest BCUT2D eigenvalue weighted by Crippen LogP contribution is -2.34. The van der Waals surface area contributed by atoms with Gasteiger partial charge in [-0.1, -0.05) is 13.0 Å². The van der Waals surface area contributed by atoms with Gasteiger partial charge in [0.2, 0.25) is 0 Å². The van der Waals surface area contributed by atoms with E-state index in [4.69, 9.17) is 0 Å². The van der Waals surface area contributed by atoms with Gasteiger partial charge in [-0.2, -0.15) is 12.6 Å². The second-order valence-corrected chi connectivity index (χ2v) is 4.62. The SMILES string of the molecule is CC(S)C1NCCc2ccc(O)cc21. The van der Waals surface area contributed by atoms with Crippen molar-refractivity contribution in [3.05, 3.63) is 29.3 Å². The average molecular weight is 209 g/mol. The van der Waals surface area contributed by atoms with Crippen LogP contribution in [0.25, 0.3) is 0 Å². The molecule has 0 saturated carbocycles. The lowest BCUT2D eigenvalue weighted by atomic mass is 9.92. The van der Waals surface area contributed by atoms with Gasteiger partial charge in [-0.25, -0.2) is 0 Å². The molecular formula is C11H15NOS. The molecule has 0 radical (unpaired) electrons. The van der Waals surface area contributed by atoms with E-state index in [1.807, 2.05) is 12.1 Å². The van der Waals surface area contributed by atoms with Crippen LogP contribution in [0.15, 0.2) is 18.2 Å². The number of phenolic OH excluding ortho intramolecular Hbond substituents is 1. The smallest absolute Gasteiger partial charge is 0.115 e. The Morgan fingerprint density at radius 3 is 3.07 bits per heavy atom. The maximum atomic E-state index is 9.44. The zero-order valence-electron chi connectivity index (χ0n) is 8.20. The number of nitrogens with one attached hydrogen (secondary N) is 1. The van der Waals surface area contributed by atoms with Crippen molar-refractivity contribution in [2.45, 2.75) is 24.6 Å². The number of fused-ring (bicyclic) bond motifs is 1. The predicted molar refractivity (Wildman–Crippen MR) is 61.0 cm³/mol. The van der Waals surface area contributed by atoms with E-state index in [0.717, 1.165) is 13.0 Å². The molecule has 0 amide bonds. The highest BCUT2D eigenvalue weighted by Crippen LogP contribution is 2.30. The van der Waals surface area contributed by atoms with Crippen molar-refractivity contribution in [1.82, 2.24) is 5.32 Å². The van der Waals surface area contributed by atoms with Crippen LogP contribution >= 0.6 is 12.6 Å². The zero-order valence-corrected chi connectivity index (χ0v) is 9.09. The Morgan fingerprint density at radius 2 is 2.36 bits per heavy atom. The summed E-state index contributed by atoms with van der Waals surface area (Å²) in [6, 6.07) is 5.87. The highest BCUT2D eigenvalue weighted by atomic mass is 32.1. The average Bonchev–Trinajstić information content (AvgIpc) is 2.16. The molecule has 0 bridgehead atoms. The Hall–Kier alpha value is -0.670. The van der Waals surface area contributed by atoms with Gasteiger partial charge in [0.15, 0.2) is 0 Å². The lowest BCUT2D eigenvalue weighted by molar-refractivity contribution is 0.463. The summed E-state index contributed by atoms with van der Waals surface area (Å²) < 4.78 is 0. The van der Waals surface area contributed by atoms with Crippen LogP contribution in [0.1, 0.15) is 24.1 Å². The first-order valence-electron chi connectivity index (χ1n) is 4.91. The van der Waals surface area contributed by atoms with Crippen LogP contribution in [-0.4, -0.2) is 16.9 Å². The zero-order chi connectivity index (χ0) is 10.1. The van der Waals surface area contributed by atoms with E-state index in [2.05, 4.69) is 24.9 Å². The van der Waals surface area contributed by atoms with Crippen molar-refractivity contribution in [2.75, 3.05) is 6.54 Å². The summed E-state index contributed by atoms with van der Waals surface area (Å²) in [6.45, 7) is 3.06. The van der Waals surface area contributed by atoms with Crippen molar-refractivity contribution in [2.24, 2.45) is 0 Å². The number of phenols is 1. The largest absolute Gasteiger partial charge is 0.508 e. The number of thiol groups is 1. The molecule has 2 rings (SSSR count). The molecule has 0 aromatic heterocycles. The van der Waals surface area contributed by atoms with Gasteiger partial charge in [-0.15, -0.1) is 0 Å². The van der Waals surface area contributed by atoms with Gasteiger partial charge in [-0.3, -0.25) is 0 Å². The van der Waals surface area contributed by atoms with Gasteiger partial charge >= 0.3 is 0 Å². The van der Waals surface area contributed by atoms with Crippen LogP contribution in [-0.2, 0) is 6.42 Å². The van der Waals surface area contributed by atoms with Crippen LogP contribution in [0.4, 0.5) is 0 Å². The fourth-order valence-electron chi connectivity index (χ4n) is 2.00. The molecule has 2 atom stereocenters. The minimum absolute atomic E-state index is 0.259. The molecule has 1 aromatic rings. The molecule has 14 heavy (non-hydrogen) atoms. The van der Waals surface area contributed by atoms with Crippen LogP contribution < -0.4 is 5.32 Å². The Balaban J connectivity index is 2.41. The molecule has 1 heterocycles. The highest BCUT2D eigenvalue weighted by molar-refractivity contribution is 7.81. The molecule has 76 valence electrons. The molecule has 1 aliphatic heterocycles. The summed E-state index contributed by atoms with van der Waals surface area (Å²) in [7, 11) is 0. The quantitative estimate of drug-likeness (QED) is 0.617. The fourth-order valence-corrected chi connectivity index (χ4v) is 2.27. The third-order valence-corrected chi connectivity index (χ3v) is 3.00. The summed E-state index contributed by atoms with van der Waals surface area (Å²) >= 11 is 4.46. The third-order valence-electron chi connectivity index (χ3n) is 2.71. The van der Waals surface area contributed by atoms with Crippen LogP contribution in [0.2, 0.25) is 0 Å². The second kappa shape index (κ2) is 3.83. The van der Waals surface area contributed by atoms with Crippen molar-refractivity contribution in [3.8, 4) is 5.75 Å². The van der Waals surface area contributed by atoms with E-state index >= 15 is 0 Å². The van der Waals surface area contributed by atoms with Gasteiger partial charge in [0.1, 0.15) is 5.75 Å². The fraction of sp³-hybridized carbons (Fsp3) is 0.455. The maximum absolute atomic E-state index is 9.44. The summed E-state index contributed by atoms with van der Waals surface area (Å²) in [6.07, 6.45) is 1.03. The molecule has 2 nitrogen and oxygen atoms in total. The van der Waals surface area contributed by atoms with Crippen LogP contribution in [0.3, 0.4) is 0 Å². The number of hydrogen-bond acceptors (Lipinski definition) is 3. The Morgan fingerprint density at radius 1 is 1.57 bits per heavy atom. The predicted octanol–water partition coefficient (Wildman–Crippen LogP) is 1.90. The molecule has 0 fully saturated rings. The van der Waals surface area contributed by atoms with Crippen molar-refractivity contribution in [1.29, 1.82) is 0 Å². The molecule has 2 N–H and O–H groups in total. The van der Waals surface area contributed by atoms with E-state index < -0.39 is 0 Å². The molecular weight excluding hydrogens is 194 g/mol. The van der Waals surface area contributed by atoms with Crippen molar-refractivity contribution >= 4 is 12.6 Å². The first-order chi connectivity index (χ1) is 6.68. The first kappa shape index (κ1) is 9.87. The van der Waals surface area contributed by atoms with Gasteiger partial charge in [0.25, 0.3) is 0 Å². The molecule has 0 spiro atoms. The third kappa shape index (κ3) is 1.74. The number of hydrogen-bond donors (Lipinski definition) is 3. The lowest BCUT2D eigenvalue weighted by Gasteiger charge is -2.29. The van der Waals surface area contributed by atoms with E-state index in [9.17, 15) is 5.11 Å². The first-order valence-corrected chi connectivity index (χ1v) is 5.43. The van der Waals surface area contributed by atoms with Crippen molar-refractivity contribution in [3.63, 3.8) is 0 Å². The summed E-state index contributed by atoms with van der Waals surface area (Å²) in [4.78, 5) is 0.